The van der Waals surface area contributed by atoms with E-state index in [9.17, 15) is 9.90 Å². The fraction of sp³-hybridized carbons (Fsp3) is 0.474. The summed E-state index contributed by atoms with van der Waals surface area (Å²) < 4.78 is 6.92. The van der Waals surface area contributed by atoms with Gasteiger partial charge in [-0.2, -0.15) is 5.26 Å². The second-order valence-corrected chi connectivity index (χ2v) is 7.55. The van der Waals surface area contributed by atoms with Crippen LogP contribution in [0.4, 0.5) is 17.3 Å². The number of aromatic nitrogens is 3. The molecule has 4 heterocycles. The first-order valence-corrected chi connectivity index (χ1v) is 9.64. The average molecular weight is 412 g/mol. The molecule has 0 aliphatic carbocycles. The molecule has 1 saturated heterocycles. The van der Waals surface area contributed by atoms with Crippen molar-refractivity contribution in [3.63, 3.8) is 0 Å². The van der Waals surface area contributed by atoms with E-state index in [1.54, 1.807) is 10.6 Å². The molecule has 1 atom stereocenters. The van der Waals surface area contributed by atoms with Gasteiger partial charge in [0.05, 0.1) is 25.4 Å². The molecular weight excluding hydrogens is 388 g/mol. The monoisotopic (exact) mass is 412 g/mol. The van der Waals surface area contributed by atoms with Crippen LogP contribution in [0.15, 0.2) is 17.2 Å². The Hall–Kier alpha value is -3.20. The molecule has 2 aliphatic heterocycles. The summed E-state index contributed by atoms with van der Waals surface area (Å²) in [6.07, 6.45) is 1.52. The maximum atomic E-state index is 13.5. The molecule has 5 N–H and O–H groups in total. The van der Waals surface area contributed by atoms with Gasteiger partial charge in [-0.25, -0.2) is 9.97 Å². The Morgan fingerprint density at radius 2 is 2.20 bits per heavy atom. The Balaban J connectivity index is 1.76. The van der Waals surface area contributed by atoms with E-state index in [-0.39, 0.29) is 22.9 Å². The van der Waals surface area contributed by atoms with Gasteiger partial charge in [-0.05, 0) is 31.4 Å². The lowest BCUT2D eigenvalue weighted by Gasteiger charge is -2.40. The van der Waals surface area contributed by atoms with Gasteiger partial charge in [0.2, 0.25) is 5.75 Å². The predicted octanol–water partition coefficient (Wildman–Crippen LogP) is 0.147. The zero-order valence-electron chi connectivity index (χ0n) is 16.8. The van der Waals surface area contributed by atoms with Crippen LogP contribution in [0.2, 0.25) is 0 Å². The van der Waals surface area contributed by atoms with E-state index in [4.69, 9.17) is 15.7 Å². The smallest absolute Gasteiger partial charge is 0.276 e. The van der Waals surface area contributed by atoms with Crippen molar-refractivity contribution in [1.29, 1.82) is 5.26 Å². The topological polar surface area (TPSA) is 154 Å². The van der Waals surface area contributed by atoms with Crippen molar-refractivity contribution in [1.82, 2.24) is 24.8 Å². The summed E-state index contributed by atoms with van der Waals surface area (Å²) in [5.41, 5.74) is 6.45. The standard InChI is InChI=1S/C19H24N8O3/c1-11-9-12(24-16-14(30-2)15(21)22-10-23-16)18(29)27-13(11)17(28)25-19(27)3-6-26(7-4-19)8-5-20/h9-10,17,25,28H,3-4,6-8H2,1-2H3,(H3,21,22,23,24). The highest BCUT2D eigenvalue weighted by Crippen LogP contribution is 2.38. The van der Waals surface area contributed by atoms with Gasteiger partial charge >= 0.3 is 0 Å². The molecule has 1 fully saturated rings. The molecule has 0 aromatic carbocycles. The van der Waals surface area contributed by atoms with Crippen molar-refractivity contribution in [3.05, 3.63) is 34.0 Å². The number of piperidine rings is 1. The Morgan fingerprint density at radius 1 is 1.47 bits per heavy atom. The molecule has 1 spiro atoms. The van der Waals surface area contributed by atoms with Crippen molar-refractivity contribution >= 4 is 17.3 Å². The second-order valence-electron chi connectivity index (χ2n) is 7.55. The third-order valence-electron chi connectivity index (χ3n) is 5.80. The van der Waals surface area contributed by atoms with E-state index in [0.717, 1.165) is 5.56 Å². The van der Waals surface area contributed by atoms with Crippen LogP contribution < -0.4 is 26.7 Å². The summed E-state index contributed by atoms with van der Waals surface area (Å²) >= 11 is 0. The van der Waals surface area contributed by atoms with E-state index >= 15 is 0 Å². The van der Waals surface area contributed by atoms with Gasteiger partial charge in [0.1, 0.15) is 23.9 Å². The van der Waals surface area contributed by atoms with Gasteiger partial charge in [-0.3, -0.25) is 19.6 Å². The lowest BCUT2D eigenvalue weighted by molar-refractivity contribution is 0.0535. The number of nitrogens with zero attached hydrogens (tertiary/aromatic N) is 5. The van der Waals surface area contributed by atoms with Crippen LogP contribution in [0, 0.1) is 18.3 Å². The number of nitriles is 1. The number of hydrogen-bond acceptors (Lipinski definition) is 10. The summed E-state index contributed by atoms with van der Waals surface area (Å²) in [4.78, 5) is 23.6. The molecule has 2 aromatic heterocycles. The van der Waals surface area contributed by atoms with Gasteiger partial charge in [0.15, 0.2) is 11.6 Å². The number of nitrogens with two attached hydrogens (primary N) is 1. The first-order chi connectivity index (χ1) is 14.4. The minimum Gasteiger partial charge on any atom is -0.490 e. The number of aryl methyl sites for hydroxylation is 1. The first-order valence-electron chi connectivity index (χ1n) is 9.64. The number of aliphatic hydroxyl groups excluding tert-OH is 1. The van der Waals surface area contributed by atoms with E-state index < -0.39 is 11.9 Å². The first kappa shape index (κ1) is 20.1. The number of methoxy groups -OCH3 is 1. The third-order valence-corrected chi connectivity index (χ3v) is 5.80. The van der Waals surface area contributed by atoms with Crippen LogP contribution in [0.5, 0.6) is 5.75 Å². The van der Waals surface area contributed by atoms with Gasteiger partial charge in [-0.15, -0.1) is 0 Å². The molecule has 11 heteroatoms. The summed E-state index contributed by atoms with van der Waals surface area (Å²) in [5, 5.41) is 25.8. The minimum atomic E-state index is -0.946. The molecular formula is C19H24N8O3. The maximum Gasteiger partial charge on any atom is 0.276 e. The highest BCUT2D eigenvalue weighted by molar-refractivity contribution is 5.68. The Morgan fingerprint density at radius 3 is 2.87 bits per heavy atom. The number of aliphatic hydroxyl groups is 1. The molecule has 0 radical (unpaired) electrons. The van der Waals surface area contributed by atoms with Gasteiger partial charge < -0.3 is 20.9 Å². The average Bonchev–Trinajstić information content (AvgIpc) is 3.00. The Bertz CT molecular complexity index is 1070. The van der Waals surface area contributed by atoms with Crippen LogP contribution in [0.3, 0.4) is 0 Å². The largest absolute Gasteiger partial charge is 0.490 e. The number of pyridine rings is 1. The molecule has 1 unspecified atom stereocenters. The van der Waals surface area contributed by atoms with E-state index in [1.165, 1.54) is 13.4 Å². The van der Waals surface area contributed by atoms with Crippen LogP contribution in [0.1, 0.15) is 30.3 Å². The Labute approximate surface area is 173 Å². The van der Waals surface area contributed by atoms with Crippen LogP contribution in [-0.2, 0) is 5.66 Å². The van der Waals surface area contributed by atoms with Crippen LogP contribution in [-0.4, -0.2) is 51.3 Å². The van der Waals surface area contributed by atoms with Crippen molar-refractivity contribution < 1.29 is 9.84 Å². The third kappa shape index (κ3) is 3.15. The number of rotatable bonds is 4. The molecule has 30 heavy (non-hydrogen) atoms. The van der Waals surface area contributed by atoms with Gasteiger partial charge in [0.25, 0.3) is 5.56 Å². The zero-order valence-corrected chi connectivity index (χ0v) is 16.8. The Kier molecular flexibility index (Phi) is 5.07. The quantitative estimate of drug-likeness (QED) is 0.510. The number of nitrogen functional groups attached to an aromatic ring is 1. The van der Waals surface area contributed by atoms with E-state index in [1.807, 2.05) is 11.8 Å². The highest BCUT2D eigenvalue weighted by Gasteiger charge is 2.46. The highest BCUT2D eigenvalue weighted by atomic mass is 16.5. The van der Waals surface area contributed by atoms with Crippen molar-refractivity contribution in [2.75, 3.05) is 37.8 Å². The predicted molar refractivity (Wildman–Crippen MR) is 109 cm³/mol. The van der Waals surface area contributed by atoms with Crippen molar-refractivity contribution in [3.8, 4) is 11.8 Å². The van der Waals surface area contributed by atoms with Crippen molar-refractivity contribution in [2.45, 2.75) is 31.7 Å². The maximum absolute atomic E-state index is 13.5. The van der Waals surface area contributed by atoms with Crippen molar-refractivity contribution in [2.24, 2.45) is 0 Å². The molecule has 4 rings (SSSR count). The lowest BCUT2D eigenvalue weighted by atomic mass is 9.96. The summed E-state index contributed by atoms with van der Waals surface area (Å²) in [5.74, 6) is 0.690. The number of anilines is 3. The second kappa shape index (κ2) is 7.56. The van der Waals surface area contributed by atoms with Crippen LogP contribution >= 0.6 is 0 Å². The fourth-order valence-electron chi connectivity index (χ4n) is 4.35. The van der Waals surface area contributed by atoms with E-state index in [0.29, 0.717) is 43.9 Å². The molecule has 2 aliphatic rings. The summed E-state index contributed by atoms with van der Waals surface area (Å²) in [7, 11) is 1.45. The zero-order chi connectivity index (χ0) is 21.5. The summed E-state index contributed by atoms with van der Waals surface area (Å²) in [6, 6.07) is 3.84. The van der Waals surface area contributed by atoms with Gasteiger partial charge in [-0.1, -0.05) is 0 Å². The molecule has 2 aromatic rings. The molecule has 0 amide bonds. The van der Waals surface area contributed by atoms with Gasteiger partial charge in [0, 0.05) is 13.1 Å². The van der Waals surface area contributed by atoms with Crippen LogP contribution in [0.25, 0.3) is 0 Å². The number of nitrogens with one attached hydrogen (secondary N) is 2. The molecule has 158 valence electrons. The number of likely N-dealkylation sites (tertiary alicyclic amines) is 1. The summed E-state index contributed by atoms with van der Waals surface area (Å²) in [6.45, 7) is 3.48. The fourth-order valence-corrected chi connectivity index (χ4v) is 4.35. The lowest BCUT2D eigenvalue weighted by Crippen LogP contribution is -2.54. The normalized spacial score (nSPS) is 20.0. The number of fused-ring (bicyclic) bond motifs is 2. The van der Waals surface area contributed by atoms with E-state index in [2.05, 4.69) is 26.7 Å². The number of hydrogen-bond donors (Lipinski definition) is 4. The molecule has 0 saturated carbocycles. The molecule has 0 bridgehead atoms. The molecule has 11 nitrogen and oxygen atoms in total. The SMILES string of the molecule is COc1c(N)ncnc1Nc1cc(C)c2n(c1=O)C1(CCN(CC#N)CC1)NC2O. The number of ether oxygens (including phenoxy) is 1. The minimum absolute atomic E-state index is 0.159.